The van der Waals surface area contributed by atoms with Crippen LogP contribution in [0.4, 0.5) is 0 Å². The van der Waals surface area contributed by atoms with Gasteiger partial charge in [0, 0.05) is 18.1 Å². The summed E-state index contributed by atoms with van der Waals surface area (Å²) in [7, 11) is 1.93. The summed E-state index contributed by atoms with van der Waals surface area (Å²) in [4.78, 5) is 1.22. The van der Waals surface area contributed by atoms with Crippen LogP contribution in [0, 0.1) is 11.3 Å². The molecule has 4 nitrogen and oxygen atoms in total. The molecule has 0 aliphatic heterocycles. The summed E-state index contributed by atoms with van der Waals surface area (Å²) in [6.07, 6.45) is 7.03. The molecule has 0 saturated carbocycles. The highest BCUT2D eigenvalue weighted by Crippen LogP contribution is 2.20. The summed E-state index contributed by atoms with van der Waals surface area (Å²) in [6, 6.07) is 2.36. The first-order valence-corrected chi connectivity index (χ1v) is 7.36. The fourth-order valence-corrected chi connectivity index (χ4v) is 2.75. The minimum absolute atomic E-state index is 0.367. The second-order valence-electron chi connectivity index (χ2n) is 4.63. The molecule has 0 saturated heterocycles. The van der Waals surface area contributed by atoms with Crippen LogP contribution in [0.1, 0.15) is 33.1 Å². The molecule has 1 heterocycles. The van der Waals surface area contributed by atoms with Crippen molar-refractivity contribution in [3.05, 3.63) is 12.4 Å². The number of thioether (sulfide) groups is 1. The molecule has 100 valence electrons. The van der Waals surface area contributed by atoms with Crippen molar-refractivity contribution in [2.45, 2.75) is 43.5 Å². The van der Waals surface area contributed by atoms with E-state index in [1.807, 2.05) is 49.7 Å². The number of unbranched alkanes of at least 4 members (excludes halogenated alkanes) is 1. The summed E-state index contributed by atoms with van der Waals surface area (Å²) >= 11 is 1.83. The van der Waals surface area contributed by atoms with Gasteiger partial charge in [-0.05, 0) is 38.5 Å². The van der Waals surface area contributed by atoms with Crippen LogP contribution >= 0.6 is 11.8 Å². The van der Waals surface area contributed by atoms with E-state index in [9.17, 15) is 0 Å². The van der Waals surface area contributed by atoms with Gasteiger partial charge in [-0.1, -0.05) is 6.92 Å². The molecule has 1 atom stereocenters. The van der Waals surface area contributed by atoms with Crippen LogP contribution in [-0.2, 0) is 7.05 Å². The molecular formula is C13H22N4S. The van der Waals surface area contributed by atoms with Crippen molar-refractivity contribution in [1.29, 1.82) is 5.26 Å². The predicted octanol–water partition coefficient (Wildman–Crippen LogP) is 2.57. The maximum atomic E-state index is 9.12. The summed E-state index contributed by atoms with van der Waals surface area (Å²) in [5.74, 6) is 1.08. The molecule has 5 heteroatoms. The number of hydrogen-bond donors (Lipinski definition) is 1. The van der Waals surface area contributed by atoms with E-state index in [0.717, 1.165) is 31.6 Å². The second kappa shape index (κ2) is 7.45. The number of hydrogen-bond acceptors (Lipinski definition) is 4. The summed E-state index contributed by atoms with van der Waals surface area (Å²) in [5.41, 5.74) is -0.367. The summed E-state index contributed by atoms with van der Waals surface area (Å²) in [5, 5.41) is 16.5. The molecule has 0 fully saturated rings. The van der Waals surface area contributed by atoms with Gasteiger partial charge in [-0.15, -0.1) is 11.8 Å². The molecule has 0 bridgehead atoms. The molecule has 0 spiro atoms. The Balaban J connectivity index is 2.17. The first-order chi connectivity index (χ1) is 8.59. The highest BCUT2D eigenvalue weighted by atomic mass is 32.2. The SMILES string of the molecule is CCNC(C)(C#N)CCCCSc1cnn(C)c1. The first-order valence-electron chi connectivity index (χ1n) is 6.37. The Labute approximate surface area is 114 Å². The minimum Gasteiger partial charge on any atom is -0.300 e. The molecule has 18 heavy (non-hydrogen) atoms. The van der Waals surface area contributed by atoms with E-state index in [4.69, 9.17) is 5.26 Å². The van der Waals surface area contributed by atoms with Gasteiger partial charge in [0.05, 0.1) is 12.3 Å². The third kappa shape index (κ3) is 5.11. The van der Waals surface area contributed by atoms with Gasteiger partial charge in [-0.25, -0.2) is 0 Å². The normalized spacial score (nSPS) is 14.1. The van der Waals surface area contributed by atoms with Crippen LogP contribution in [0.15, 0.2) is 17.3 Å². The van der Waals surface area contributed by atoms with Gasteiger partial charge in [-0.3, -0.25) is 10.00 Å². The first kappa shape index (κ1) is 15.1. The lowest BCUT2D eigenvalue weighted by Gasteiger charge is -2.22. The molecule has 0 aromatic carbocycles. The van der Waals surface area contributed by atoms with E-state index >= 15 is 0 Å². The van der Waals surface area contributed by atoms with Crippen molar-refractivity contribution < 1.29 is 0 Å². The van der Waals surface area contributed by atoms with Crippen LogP contribution in [0.25, 0.3) is 0 Å². The zero-order valence-corrected chi connectivity index (χ0v) is 12.3. The smallest absolute Gasteiger partial charge is 0.103 e. The average molecular weight is 266 g/mol. The maximum Gasteiger partial charge on any atom is 0.103 e. The molecule has 0 aliphatic rings. The van der Waals surface area contributed by atoms with E-state index in [-0.39, 0.29) is 5.54 Å². The van der Waals surface area contributed by atoms with Gasteiger partial charge >= 0.3 is 0 Å². The van der Waals surface area contributed by atoms with Crippen molar-refractivity contribution in [3.63, 3.8) is 0 Å². The quantitative estimate of drug-likeness (QED) is 0.580. The predicted molar refractivity (Wildman–Crippen MR) is 75.5 cm³/mol. The van der Waals surface area contributed by atoms with Crippen molar-refractivity contribution in [1.82, 2.24) is 15.1 Å². The fraction of sp³-hybridized carbons (Fsp3) is 0.692. The Morgan fingerprint density at radius 2 is 2.33 bits per heavy atom. The summed E-state index contributed by atoms with van der Waals surface area (Å²) < 4.78 is 1.82. The maximum absolute atomic E-state index is 9.12. The van der Waals surface area contributed by atoms with Crippen molar-refractivity contribution >= 4 is 11.8 Å². The highest BCUT2D eigenvalue weighted by Gasteiger charge is 2.20. The fourth-order valence-electron chi connectivity index (χ4n) is 1.82. The van der Waals surface area contributed by atoms with E-state index in [0.29, 0.717) is 0 Å². The zero-order chi connectivity index (χ0) is 13.4. The van der Waals surface area contributed by atoms with E-state index in [1.54, 1.807) is 0 Å². The topological polar surface area (TPSA) is 53.6 Å². The number of nitrogens with zero attached hydrogens (tertiary/aromatic N) is 3. The van der Waals surface area contributed by atoms with Gasteiger partial charge < -0.3 is 0 Å². The minimum atomic E-state index is -0.367. The Hall–Kier alpha value is -0.990. The van der Waals surface area contributed by atoms with E-state index in [1.165, 1.54) is 4.90 Å². The summed E-state index contributed by atoms with van der Waals surface area (Å²) in [6.45, 7) is 4.85. The molecule has 1 aromatic heterocycles. The molecule has 0 amide bonds. The number of aromatic nitrogens is 2. The molecule has 1 rings (SSSR count). The Morgan fingerprint density at radius 1 is 1.56 bits per heavy atom. The third-order valence-electron chi connectivity index (χ3n) is 2.83. The van der Waals surface area contributed by atoms with Crippen LogP contribution in [0.5, 0.6) is 0 Å². The van der Waals surface area contributed by atoms with Gasteiger partial charge in [0.2, 0.25) is 0 Å². The molecule has 1 unspecified atom stereocenters. The average Bonchev–Trinajstić information content (AvgIpc) is 2.75. The monoisotopic (exact) mass is 266 g/mol. The van der Waals surface area contributed by atoms with Gasteiger partial charge in [0.1, 0.15) is 5.54 Å². The van der Waals surface area contributed by atoms with Crippen LogP contribution < -0.4 is 5.32 Å². The lowest BCUT2D eigenvalue weighted by Crippen LogP contribution is -2.40. The van der Waals surface area contributed by atoms with Gasteiger partial charge in [0.25, 0.3) is 0 Å². The number of rotatable bonds is 8. The van der Waals surface area contributed by atoms with Crippen LogP contribution in [0.3, 0.4) is 0 Å². The largest absolute Gasteiger partial charge is 0.300 e. The Kier molecular flexibility index (Phi) is 6.23. The van der Waals surface area contributed by atoms with Crippen LogP contribution in [0.2, 0.25) is 0 Å². The van der Waals surface area contributed by atoms with Crippen molar-refractivity contribution in [2.75, 3.05) is 12.3 Å². The van der Waals surface area contributed by atoms with E-state index < -0.39 is 0 Å². The third-order valence-corrected chi connectivity index (χ3v) is 3.87. The Morgan fingerprint density at radius 3 is 2.89 bits per heavy atom. The zero-order valence-electron chi connectivity index (χ0n) is 11.4. The van der Waals surface area contributed by atoms with Crippen LogP contribution in [-0.4, -0.2) is 27.6 Å². The lowest BCUT2D eigenvalue weighted by atomic mass is 9.97. The van der Waals surface area contributed by atoms with Gasteiger partial charge in [0.15, 0.2) is 0 Å². The Bertz CT molecular complexity index is 396. The molecule has 0 aliphatic carbocycles. The van der Waals surface area contributed by atoms with Crippen molar-refractivity contribution in [2.24, 2.45) is 7.05 Å². The van der Waals surface area contributed by atoms with Crippen molar-refractivity contribution in [3.8, 4) is 6.07 Å². The second-order valence-corrected chi connectivity index (χ2v) is 5.80. The number of nitrogens with one attached hydrogen (secondary N) is 1. The van der Waals surface area contributed by atoms with Gasteiger partial charge in [-0.2, -0.15) is 10.4 Å². The lowest BCUT2D eigenvalue weighted by molar-refractivity contribution is 0.415. The highest BCUT2D eigenvalue weighted by molar-refractivity contribution is 7.99. The van der Waals surface area contributed by atoms with E-state index in [2.05, 4.69) is 16.5 Å². The molecule has 1 N–H and O–H groups in total. The molecular weight excluding hydrogens is 244 g/mol. The molecule has 0 radical (unpaired) electrons. The standard InChI is InChI=1S/C13H22N4S/c1-4-15-13(2,11-14)7-5-6-8-18-12-9-16-17(3)10-12/h9-10,15H,4-8H2,1-3H3. The molecule has 1 aromatic rings. The number of aryl methyl sites for hydroxylation is 1. The number of nitriles is 1.